The first-order chi connectivity index (χ1) is 14.9. The molecule has 31 heavy (non-hydrogen) atoms. The van der Waals surface area contributed by atoms with Gasteiger partial charge in [-0.2, -0.15) is 0 Å². The number of methoxy groups -OCH3 is 1. The fourth-order valence-electron chi connectivity index (χ4n) is 3.10. The topological polar surface area (TPSA) is 81.9 Å². The summed E-state index contributed by atoms with van der Waals surface area (Å²) in [4.78, 5) is 18.3. The molecule has 2 heterocycles. The molecule has 0 aliphatic heterocycles. The normalized spacial score (nSPS) is 10.8. The first-order valence-corrected chi connectivity index (χ1v) is 10.3. The summed E-state index contributed by atoms with van der Waals surface area (Å²) < 4.78 is 19.9. The highest BCUT2D eigenvalue weighted by atomic mass is 32.1. The lowest BCUT2D eigenvalue weighted by Crippen LogP contribution is -2.14. The monoisotopic (exact) mass is 437 g/mol. The second-order valence-corrected chi connectivity index (χ2v) is 8.00. The van der Waals surface area contributed by atoms with Gasteiger partial charge in [0.05, 0.1) is 24.2 Å². The summed E-state index contributed by atoms with van der Waals surface area (Å²) in [7, 11) is 1.64. The van der Waals surface area contributed by atoms with E-state index in [2.05, 4.69) is 20.6 Å². The van der Waals surface area contributed by atoms with E-state index >= 15 is 0 Å². The van der Waals surface area contributed by atoms with Gasteiger partial charge in [-0.3, -0.25) is 10.1 Å². The molecule has 0 fully saturated rings. The van der Waals surface area contributed by atoms with Crippen molar-refractivity contribution in [2.75, 3.05) is 12.4 Å². The summed E-state index contributed by atoms with van der Waals surface area (Å²) in [6, 6.07) is 13.7. The Kier molecular flexibility index (Phi) is 5.77. The van der Waals surface area contributed by atoms with Gasteiger partial charge in [-0.15, -0.1) is 16.4 Å². The van der Waals surface area contributed by atoms with Gasteiger partial charge in [0.15, 0.2) is 10.8 Å². The number of aromatic nitrogens is 4. The first-order valence-electron chi connectivity index (χ1n) is 9.53. The zero-order valence-corrected chi connectivity index (χ0v) is 18.0. The third-order valence-electron chi connectivity index (χ3n) is 4.82. The van der Waals surface area contributed by atoms with E-state index in [1.807, 2.05) is 31.2 Å². The molecule has 0 spiro atoms. The number of amides is 1. The van der Waals surface area contributed by atoms with Gasteiger partial charge in [-0.1, -0.05) is 17.3 Å². The molecule has 0 radical (unpaired) electrons. The number of nitrogens with zero attached hydrogens (tertiary/aromatic N) is 4. The lowest BCUT2D eigenvalue weighted by molar-refractivity contribution is 0.102. The average Bonchev–Trinajstić information content (AvgIpc) is 3.31. The smallest absolute Gasteiger partial charge is 0.279 e. The van der Waals surface area contributed by atoms with Crippen LogP contribution in [0.4, 0.5) is 9.52 Å². The zero-order chi connectivity index (χ0) is 22.0. The van der Waals surface area contributed by atoms with Crippen LogP contribution in [0.1, 0.15) is 32.3 Å². The quantitative estimate of drug-likeness (QED) is 0.486. The molecule has 2 aromatic carbocycles. The fourth-order valence-corrected chi connectivity index (χ4v) is 4.09. The van der Waals surface area contributed by atoms with E-state index < -0.39 is 5.91 Å². The van der Waals surface area contributed by atoms with E-state index in [0.717, 1.165) is 21.9 Å². The Bertz CT molecular complexity index is 1220. The number of nitrogens with one attached hydrogen (secondary N) is 1. The molecule has 0 saturated heterocycles. The van der Waals surface area contributed by atoms with Crippen molar-refractivity contribution in [1.29, 1.82) is 0 Å². The maximum absolute atomic E-state index is 13.2. The Morgan fingerprint density at radius 3 is 2.52 bits per heavy atom. The van der Waals surface area contributed by atoms with E-state index in [4.69, 9.17) is 4.74 Å². The predicted molar refractivity (Wildman–Crippen MR) is 117 cm³/mol. The molecule has 1 amide bonds. The number of aryl methyl sites for hydroxylation is 1. The summed E-state index contributed by atoms with van der Waals surface area (Å²) in [6.45, 7) is 3.65. The summed E-state index contributed by atoms with van der Waals surface area (Å²) in [5.74, 6) is 0.0708. The second kappa shape index (κ2) is 8.65. The Hall–Kier alpha value is -3.59. The molecule has 0 bridgehead atoms. The van der Waals surface area contributed by atoms with E-state index in [-0.39, 0.29) is 11.5 Å². The lowest BCUT2D eigenvalue weighted by atomic mass is 10.1. The van der Waals surface area contributed by atoms with Crippen LogP contribution in [-0.4, -0.2) is 33.0 Å². The fraction of sp³-hybridized carbons (Fsp3) is 0.182. The third-order valence-corrected chi connectivity index (χ3v) is 5.89. The molecule has 0 atom stereocenters. The van der Waals surface area contributed by atoms with Crippen molar-refractivity contribution in [2.24, 2.45) is 0 Å². The molecule has 0 aliphatic rings. The van der Waals surface area contributed by atoms with Crippen LogP contribution in [0, 0.1) is 19.7 Å². The van der Waals surface area contributed by atoms with Gasteiger partial charge >= 0.3 is 0 Å². The number of hydrogen-bond donors (Lipinski definition) is 1. The minimum absolute atomic E-state index is 0.189. The second-order valence-electron chi connectivity index (χ2n) is 6.92. The van der Waals surface area contributed by atoms with Crippen molar-refractivity contribution in [1.82, 2.24) is 20.0 Å². The molecule has 4 aromatic rings. The van der Waals surface area contributed by atoms with Gasteiger partial charge in [-0.25, -0.2) is 14.1 Å². The highest BCUT2D eigenvalue weighted by Crippen LogP contribution is 2.26. The van der Waals surface area contributed by atoms with Gasteiger partial charge in [0.25, 0.3) is 5.91 Å². The minimum atomic E-state index is -0.393. The Morgan fingerprint density at radius 1 is 1.13 bits per heavy atom. The Morgan fingerprint density at radius 2 is 1.84 bits per heavy atom. The van der Waals surface area contributed by atoms with E-state index in [1.165, 1.54) is 28.2 Å². The molecule has 9 heteroatoms. The number of thiazole rings is 1. The van der Waals surface area contributed by atoms with Crippen molar-refractivity contribution in [3.05, 3.63) is 81.9 Å². The maximum atomic E-state index is 13.2. The van der Waals surface area contributed by atoms with Crippen LogP contribution in [0.3, 0.4) is 0 Å². The predicted octanol–water partition coefficient (Wildman–Crippen LogP) is 4.33. The standard InChI is InChI=1S/C22H20FN5O2S/c1-13-19(12-15-4-10-18(30-3)11-5-15)31-22(24-13)25-21(29)20-14(2)28(27-26-20)17-8-6-16(23)7-9-17/h4-11H,12H2,1-3H3,(H,24,25,29). The molecular weight excluding hydrogens is 417 g/mol. The Balaban J connectivity index is 1.49. The number of anilines is 1. The molecule has 158 valence electrons. The molecule has 0 saturated carbocycles. The maximum Gasteiger partial charge on any atom is 0.279 e. The Labute approximate surface area is 182 Å². The third kappa shape index (κ3) is 4.46. The average molecular weight is 438 g/mol. The van der Waals surface area contributed by atoms with Crippen LogP contribution in [0.2, 0.25) is 0 Å². The number of carbonyl (C=O) groups excluding carboxylic acids is 1. The number of hydrogen-bond acceptors (Lipinski definition) is 6. The zero-order valence-electron chi connectivity index (χ0n) is 17.2. The van der Waals surface area contributed by atoms with E-state index in [1.54, 1.807) is 26.2 Å². The molecule has 4 rings (SSSR count). The van der Waals surface area contributed by atoms with E-state index in [9.17, 15) is 9.18 Å². The lowest BCUT2D eigenvalue weighted by Gasteiger charge is -2.03. The SMILES string of the molecule is COc1ccc(Cc2sc(NC(=O)c3nnn(-c4ccc(F)cc4)c3C)nc2C)cc1. The highest BCUT2D eigenvalue weighted by molar-refractivity contribution is 7.15. The molecule has 0 unspecified atom stereocenters. The van der Waals surface area contributed by atoms with Crippen LogP contribution in [0.15, 0.2) is 48.5 Å². The first kappa shape index (κ1) is 20.7. The van der Waals surface area contributed by atoms with Crippen LogP contribution in [0.25, 0.3) is 5.69 Å². The summed E-state index contributed by atoms with van der Waals surface area (Å²) in [6.07, 6.45) is 0.711. The van der Waals surface area contributed by atoms with Crippen molar-refractivity contribution in [3.63, 3.8) is 0 Å². The van der Waals surface area contributed by atoms with Crippen molar-refractivity contribution in [2.45, 2.75) is 20.3 Å². The van der Waals surface area contributed by atoms with Gasteiger partial charge in [0, 0.05) is 11.3 Å². The number of rotatable bonds is 6. The number of carbonyl (C=O) groups is 1. The molecule has 0 aliphatic carbocycles. The summed E-state index contributed by atoms with van der Waals surface area (Å²) >= 11 is 1.43. The van der Waals surface area contributed by atoms with Crippen molar-refractivity contribution >= 4 is 22.4 Å². The van der Waals surface area contributed by atoms with Gasteiger partial charge in [-0.05, 0) is 55.8 Å². The number of halogens is 1. The van der Waals surface area contributed by atoms with Gasteiger partial charge in [0.2, 0.25) is 0 Å². The summed E-state index contributed by atoms with van der Waals surface area (Å²) in [5.41, 5.74) is 3.35. The van der Waals surface area contributed by atoms with Crippen molar-refractivity contribution < 1.29 is 13.9 Å². The van der Waals surface area contributed by atoms with Crippen LogP contribution in [-0.2, 0) is 6.42 Å². The van der Waals surface area contributed by atoms with Crippen LogP contribution in [0.5, 0.6) is 5.75 Å². The number of benzene rings is 2. The molecule has 1 N–H and O–H groups in total. The largest absolute Gasteiger partial charge is 0.497 e. The van der Waals surface area contributed by atoms with Crippen molar-refractivity contribution in [3.8, 4) is 11.4 Å². The van der Waals surface area contributed by atoms with Gasteiger partial charge < -0.3 is 4.74 Å². The molecule has 7 nitrogen and oxygen atoms in total. The summed E-state index contributed by atoms with van der Waals surface area (Å²) in [5, 5.41) is 11.3. The van der Waals surface area contributed by atoms with Gasteiger partial charge in [0.1, 0.15) is 11.6 Å². The van der Waals surface area contributed by atoms with Crippen LogP contribution >= 0.6 is 11.3 Å². The molecule has 2 aromatic heterocycles. The minimum Gasteiger partial charge on any atom is -0.497 e. The number of ether oxygens (including phenoxy) is 1. The highest BCUT2D eigenvalue weighted by Gasteiger charge is 2.19. The molecular formula is C22H20FN5O2S. The van der Waals surface area contributed by atoms with Crippen LogP contribution < -0.4 is 10.1 Å². The van der Waals surface area contributed by atoms with E-state index in [0.29, 0.717) is 22.9 Å².